The summed E-state index contributed by atoms with van der Waals surface area (Å²) in [6.07, 6.45) is 5.54. The van der Waals surface area contributed by atoms with Crippen LogP contribution in [0.1, 0.15) is 19.4 Å². The second-order valence-corrected chi connectivity index (χ2v) is 7.03. The van der Waals surface area contributed by atoms with E-state index in [1.165, 1.54) is 4.57 Å². The number of allylic oxidation sites excluding steroid dienone is 3. The molecule has 0 amide bonds. The molecular formula is C20H21ClN6O2. The van der Waals surface area contributed by atoms with Gasteiger partial charge in [0, 0.05) is 18.6 Å². The van der Waals surface area contributed by atoms with Crippen molar-refractivity contribution in [1.29, 1.82) is 0 Å². The summed E-state index contributed by atoms with van der Waals surface area (Å²) in [6, 6.07) is 9.85. The van der Waals surface area contributed by atoms with Crippen molar-refractivity contribution in [1.82, 2.24) is 19.1 Å². The quantitative estimate of drug-likeness (QED) is 0.480. The van der Waals surface area contributed by atoms with Crippen LogP contribution in [-0.4, -0.2) is 24.8 Å². The number of hydrogen-bond acceptors (Lipinski definition) is 5. The molecule has 2 heterocycles. The van der Waals surface area contributed by atoms with E-state index < -0.39 is 11.2 Å². The molecule has 0 fully saturated rings. The summed E-state index contributed by atoms with van der Waals surface area (Å²) in [5.41, 5.74) is 4.11. The van der Waals surface area contributed by atoms with Crippen molar-refractivity contribution < 1.29 is 0 Å². The highest BCUT2D eigenvalue weighted by molar-refractivity contribution is 6.29. The van der Waals surface area contributed by atoms with Gasteiger partial charge in [0.2, 0.25) is 5.95 Å². The summed E-state index contributed by atoms with van der Waals surface area (Å²) in [5.74, 6) is 0.327. The van der Waals surface area contributed by atoms with Gasteiger partial charge in [0.05, 0.1) is 5.71 Å². The van der Waals surface area contributed by atoms with Crippen LogP contribution in [0.2, 0.25) is 0 Å². The molecule has 0 saturated carbocycles. The highest BCUT2D eigenvalue weighted by atomic mass is 35.5. The van der Waals surface area contributed by atoms with Crippen molar-refractivity contribution in [3.63, 3.8) is 0 Å². The lowest BCUT2D eigenvalue weighted by Crippen LogP contribution is -2.29. The maximum absolute atomic E-state index is 12.4. The minimum atomic E-state index is -0.534. The van der Waals surface area contributed by atoms with Crippen LogP contribution in [0.15, 0.2) is 62.2 Å². The van der Waals surface area contributed by atoms with Crippen LogP contribution in [0.5, 0.6) is 0 Å². The predicted molar refractivity (Wildman–Crippen MR) is 117 cm³/mol. The lowest BCUT2D eigenvalue weighted by atomic mass is 10.2. The lowest BCUT2D eigenvalue weighted by molar-refractivity contribution is 0.818. The molecule has 9 heteroatoms. The molecule has 0 radical (unpaired) electrons. The fourth-order valence-electron chi connectivity index (χ4n) is 2.67. The highest BCUT2D eigenvalue weighted by Crippen LogP contribution is 2.16. The number of hydrazone groups is 1. The second-order valence-electron chi connectivity index (χ2n) is 6.44. The summed E-state index contributed by atoms with van der Waals surface area (Å²) in [5, 5.41) is 4.89. The van der Waals surface area contributed by atoms with E-state index in [-0.39, 0.29) is 11.2 Å². The van der Waals surface area contributed by atoms with Crippen LogP contribution in [0.25, 0.3) is 17.2 Å². The summed E-state index contributed by atoms with van der Waals surface area (Å²) in [4.78, 5) is 30.9. The normalized spacial score (nSPS) is 12.8. The van der Waals surface area contributed by atoms with Gasteiger partial charge >= 0.3 is 5.69 Å². The average Bonchev–Trinajstić information content (AvgIpc) is 3.07. The second kappa shape index (κ2) is 8.74. The van der Waals surface area contributed by atoms with E-state index in [0.29, 0.717) is 23.2 Å². The maximum Gasteiger partial charge on any atom is 0.329 e. The summed E-state index contributed by atoms with van der Waals surface area (Å²) in [6.45, 7) is 3.87. The van der Waals surface area contributed by atoms with Gasteiger partial charge in [0.25, 0.3) is 5.56 Å². The van der Waals surface area contributed by atoms with Crippen molar-refractivity contribution >= 4 is 40.5 Å². The van der Waals surface area contributed by atoms with E-state index >= 15 is 0 Å². The number of nitrogens with one attached hydrogen (secondary N) is 2. The molecule has 8 nitrogen and oxygen atoms in total. The van der Waals surface area contributed by atoms with Gasteiger partial charge in [-0.05, 0) is 25.5 Å². The Hall–Kier alpha value is -3.39. The Morgan fingerprint density at radius 1 is 1.28 bits per heavy atom. The Kier molecular flexibility index (Phi) is 6.13. The number of H-pyrrole nitrogens is 1. The number of halogens is 1. The van der Waals surface area contributed by atoms with Crippen LogP contribution in [0, 0.1) is 0 Å². The standard InChI is InChI=1S/C20H21ClN6O2/c1-13(21)11-12-27-16-17(26(3)20(29)23-18(16)28)22-19(27)25-24-14(2)9-10-15-7-5-4-6-8-15/h4-11H,12H2,1-3H3,(H,22,25)(H,23,28,29)/b10-9-,13-11-,24-14?. The Morgan fingerprint density at radius 3 is 2.69 bits per heavy atom. The van der Waals surface area contributed by atoms with E-state index in [9.17, 15) is 9.59 Å². The van der Waals surface area contributed by atoms with Crippen LogP contribution >= 0.6 is 11.6 Å². The van der Waals surface area contributed by atoms with Gasteiger partial charge in [-0.1, -0.05) is 54.1 Å². The molecule has 0 spiro atoms. The molecule has 0 bridgehead atoms. The summed E-state index contributed by atoms with van der Waals surface area (Å²) < 4.78 is 2.90. The third-order valence-corrected chi connectivity index (χ3v) is 4.37. The minimum absolute atomic E-state index is 0.259. The molecular weight excluding hydrogens is 392 g/mol. The first-order valence-electron chi connectivity index (χ1n) is 8.92. The average molecular weight is 413 g/mol. The monoisotopic (exact) mass is 412 g/mol. The highest BCUT2D eigenvalue weighted by Gasteiger charge is 2.16. The number of hydrogen-bond donors (Lipinski definition) is 2. The van der Waals surface area contributed by atoms with Gasteiger partial charge < -0.3 is 0 Å². The lowest BCUT2D eigenvalue weighted by Gasteiger charge is -2.05. The number of nitrogens with zero attached hydrogens (tertiary/aromatic N) is 4. The number of benzene rings is 1. The van der Waals surface area contributed by atoms with Crippen LogP contribution in [0.4, 0.5) is 5.95 Å². The van der Waals surface area contributed by atoms with Crippen molar-refractivity contribution in [2.24, 2.45) is 12.1 Å². The van der Waals surface area contributed by atoms with Crippen molar-refractivity contribution in [3.05, 3.63) is 73.9 Å². The Bertz CT molecular complexity index is 1230. The van der Waals surface area contributed by atoms with Crippen LogP contribution in [-0.2, 0) is 13.6 Å². The number of imidazole rings is 1. The van der Waals surface area contributed by atoms with E-state index in [1.807, 2.05) is 49.4 Å². The Morgan fingerprint density at radius 2 is 2.00 bits per heavy atom. The summed E-state index contributed by atoms with van der Waals surface area (Å²) >= 11 is 5.95. The first-order valence-corrected chi connectivity index (χ1v) is 9.30. The molecule has 2 N–H and O–H groups in total. The van der Waals surface area contributed by atoms with Crippen molar-refractivity contribution in [3.8, 4) is 0 Å². The molecule has 0 aliphatic rings. The van der Waals surface area contributed by atoms with Gasteiger partial charge in [0.15, 0.2) is 11.2 Å². The maximum atomic E-state index is 12.4. The third-order valence-electron chi connectivity index (χ3n) is 4.21. The molecule has 1 aromatic carbocycles. The van der Waals surface area contributed by atoms with Gasteiger partial charge in [-0.15, -0.1) is 0 Å². The smallest absolute Gasteiger partial charge is 0.299 e. The zero-order valence-corrected chi connectivity index (χ0v) is 17.1. The fraction of sp³-hybridized carbons (Fsp3) is 0.200. The van der Waals surface area contributed by atoms with Gasteiger partial charge in [0.1, 0.15) is 0 Å². The SMILES string of the molecule is CC(/C=C\c1ccccc1)=NNc1nc2c(c(=O)[nH]c(=O)n2C)n1C/C=C(/C)Cl. The van der Waals surface area contributed by atoms with Crippen LogP contribution < -0.4 is 16.7 Å². The Labute approximate surface area is 171 Å². The van der Waals surface area contributed by atoms with Gasteiger partial charge in [-0.3, -0.25) is 18.9 Å². The molecule has 150 valence electrons. The zero-order chi connectivity index (χ0) is 21.0. The minimum Gasteiger partial charge on any atom is -0.299 e. The van der Waals surface area contributed by atoms with E-state index in [2.05, 4.69) is 20.5 Å². The molecule has 2 aromatic heterocycles. The Balaban J connectivity index is 1.98. The number of anilines is 1. The van der Waals surface area contributed by atoms with Crippen molar-refractivity contribution in [2.75, 3.05) is 5.43 Å². The molecule has 0 atom stereocenters. The molecule has 0 aliphatic heterocycles. The third kappa shape index (κ3) is 4.72. The van der Waals surface area contributed by atoms with Gasteiger partial charge in [-0.2, -0.15) is 10.1 Å². The molecule has 29 heavy (non-hydrogen) atoms. The van der Waals surface area contributed by atoms with Gasteiger partial charge in [-0.25, -0.2) is 10.2 Å². The first-order chi connectivity index (χ1) is 13.9. The molecule has 0 unspecified atom stereocenters. The largest absolute Gasteiger partial charge is 0.329 e. The first kappa shape index (κ1) is 20.3. The number of aromatic nitrogens is 4. The number of rotatable bonds is 6. The van der Waals surface area contributed by atoms with Crippen LogP contribution in [0.3, 0.4) is 0 Å². The van der Waals surface area contributed by atoms with E-state index in [0.717, 1.165) is 5.56 Å². The number of aryl methyl sites for hydroxylation is 1. The number of fused-ring (bicyclic) bond motifs is 1. The summed E-state index contributed by atoms with van der Waals surface area (Å²) in [7, 11) is 1.54. The number of aromatic amines is 1. The van der Waals surface area contributed by atoms with E-state index in [4.69, 9.17) is 11.6 Å². The topological polar surface area (TPSA) is 97.1 Å². The molecule has 0 saturated heterocycles. The molecule has 3 rings (SSSR count). The fourth-order valence-corrected chi connectivity index (χ4v) is 2.74. The van der Waals surface area contributed by atoms with Crippen molar-refractivity contribution in [2.45, 2.75) is 20.4 Å². The predicted octanol–water partition coefficient (Wildman–Crippen LogP) is 3.07. The van der Waals surface area contributed by atoms with E-state index in [1.54, 1.807) is 24.6 Å². The molecule has 0 aliphatic carbocycles. The zero-order valence-electron chi connectivity index (χ0n) is 16.3. The molecule has 3 aromatic rings.